The Morgan fingerprint density at radius 2 is 1.90 bits per heavy atom. The predicted octanol–water partition coefficient (Wildman–Crippen LogP) is 4.77. The van der Waals surface area contributed by atoms with Gasteiger partial charge in [-0.25, -0.2) is 15.0 Å². The molecule has 4 aromatic rings. The number of halogens is 1. The molecule has 1 N–H and O–H groups in total. The van der Waals surface area contributed by atoms with Gasteiger partial charge in [0, 0.05) is 48.3 Å². The van der Waals surface area contributed by atoms with E-state index in [0.29, 0.717) is 51.2 Å². The normalized spacial score (nSPS) is 23.1. The van der Waals surface area contributed by atoms with Gasteiger partial charge in [-0.3, -0.25) is 24.0 Å². The van der Waals surface area contributed by atoms with Gasteiger partial charge in [0.25, 0.3) is 0 Å². The topological polar surface area (TPSA) is 139 Å². The Kier molecular flexibility index (Phi) is 8.67. The highest BCUT2D eigenvalue weighted by molar-refractivity contribution is 9.10. The molecule has 2 fully saturated rings. The van der Waals surface area contributed by atoms with Gasteiger partial charge in [-0.2, -0.15) is 5.10 Å². The van der Waals surface area contributed by atoms with Gasteiger partial charge in [-0.15, -0.1) is 0 Å². The second-order valence-corrected chi connectivity index (χ2v) is 14.1. The van der Waals surface area contributed by atoms with Crippen molar-refractivity contribution in [1.29, 1.82) is 0 Å². The summed E-state index contributed by atoms with van der Waals surface area (Å²) >= 11 is 3.45. The fraction of sp³-hybridized carbons (Fsp3) is 0.429. The minimum absolute atomic E-state index is 0.0594. The van der Waals surface area contributed by atoms with Crippen LogP contribution in [0.1, 0.15) is 60.9 Å². The minimum Gasteiger partial charge on any atom is -0.325 e. The standard InChI is InChI=1S/C35H38BrN9O3/c1-21(46)32-25-13-26(24-16-37-22(2)38-17-24)39-18-28(25)44(42-32)19-31(47)45-27-14-35(15-29(35)45)20-43(3)12-8-6-4-5-7-9-23-10-11-30(36)40-33(23)41-34(27)48/h5,7,10-11,13,16-18,27,29H,4,6,8-9,12,14-15,19-20H2,1-3H3,(H,40,41,48)/t27-,29+,35-/m0/s1. The van der Waals surface area contributed by atoms with E-state index in [1.165, 1.54) is 11.6 Å². The van der Waals surface area contributed by atoms with E-state index in [0.717, 1.165) is 44.3 Å². The number of nitrogens with one attached hydrogen (secondary N) is 1. The zero-order chi connectivity index (χ0) is 33.6. The summed E-state index contributed by atoms with van der Waals surface area (Å²) in [6.07, 6.45) is 14.6. The molecular weight excluding hydrogens is 674 g/mol. The molecule has 48 heavy (non-hydrogen) atoms. The fourth-order valence-electron chi connectivity index (χ4n) is 7.31. The van der Waals surface area contributed by atoms with Crippen LogP contribution in [0.3, 0.4) is 0 Å². The second-order valence-electron chi connectivity index (χ2n) is 13.3. The lowest BCUT2D eigenvalue weighted by atomic mass is 9.98. The third-order valence-electron chi connectivity index (χ3n) is 9.78. The third kappa shape index (κ3) is 6.28. The van der Waals surface area contributed by atoms with Crippen LogP contribution >= 0.6 is 15.9 Å². The van der Waals surface area contributed by atoms with Crippen LogP contribution in [-0.4, -0.2) is 89.3 Å². The number of aryl methyl sites for hydroxylation is 1. The van der Waals surface area contributed by atoms with Crippen molar-refractivity contribution in [3.63, 3.8) is 0 Å². The summed E-state index contributed by atoms with van der Waals surface area (Å²) in [5.74, 6) is 0.450. The van der Waals surface area contributed by atoms with Gasteiger partial charge in [0.05, 0.1) is 17.4 Å². The number of pyridine rings is 2. The molecule has 0 radical (unpaired) electrons. The molecule has 3 aliphatic rings. The lowest BCUT2D eigenvalue weighted by Crippen LogP contribution is -2.47. The van der Waals surface area contributed by atoms with E-state index in [1.807, 2.05) is 12.1 Å². The van der Waals surface area contributed by atoms with E-state index < -0.39 is 6.04 Å². The summed E-state index contributed by atoms with van der Waals surface area (Å²) in [6, 6.07) is 4.90. The molecule has 1 aliphatic carbocycles. The molecule has 1 saturated heterocycles. The van der Waals surface area contributed by atoms with Crippen molar-refractivity contribution in [3.05, 3.63) is 70.6 Å². The maximum Gasteiger partial charge on any atom is 0.248 e. The van der Waals surface area contributed by atoms with E-state index >= 15 is 0 Å². The van der Waals surface area contributed by atoms with Gasteiger partial charge in [0.15, 0.2) is 5.78 Å². The van der Waals surface area contributed by atoms with E-state index in [2.05, 4.69) is 70.4 Å². The zero-order valence-corrected chi connectivity index (χ0v) is 28.9. The van der Waals surface area contributed by atoms with Crippen LogP contribution in [0.4, 0.5) is 5.82 Å². The molecule has 1 saturated carbocycles. The Bertz CT molecular complexity index is 1940. The number of allylic oxidation sites excluding steroid dienone is 2. The number of anilines is 1. The van der Waals surface area contributed by atoms with Crippen molar-refractivity contribution in [2.45, 2.75) is 71.0 Å². The molecule has 248 valence electrons. The molecule has 7 rings (SSSR count). The number of likely N-dealkylation sites (tertiary alicyclic amines) is 1. The molecule has 0 unspecified atom stereocenters. The monoisotopic (exact) mass is 711 g/mol. The summed E-state index contributed by atoms with van der Waals surface area (Å²) in [5.41, 5.74) is 2.89. The zero-order valence-electron chi connectivity index (χ0n) is 27.3. The number of piperidine rings is 1. The van der Waals surface area contributed by atoms with Crippen molar-refractivity contribution in [2.75, 3.05) is 25.5 Å². The van der Waals surface area contributed by atoms with Gasteiger partial charge in [0.1, 0.15) is 34.5 Å². The van der Waals surface area contributed by atoms with Gasteiger partial charge in [-0.05, 0) is 92.7 Å². The number of fused-ring (bicyclic) bond motifs is 3. The molecule has 0 aromatic carbocycles. The molecule has 3 atom stereocenters. The van der Waals surface area contributed by atoms with Crippen LogP contribution in [-0.2, 0) is 22.6 Å². The molecule has 2 amide bonds. The lowest BCUT2D eigenvalue weighted by Gasteiger charge is -2.27. The van der Waals surface area contributed by atoms with E-state index in [9.17, 15) is 14.4 Å². The Labute approximate surface area is 287 Å². The van der Waals surface area contributed by atoms with Crippen LogP contribution in [0.2, 0.25) is 0 Å². The Hall–Kier alpha value is -4.36. The van der Waals surface area contributed by atoms with Gasteiger partial charge in [0.2, 0.25) is 11.8 Å². The first kappa shape index (κ1) is 32.2. The van der Waals surface area contributed by atoms with Crippen LogP contribution in [0.25, 0.3) is 22.2 Å². The van der Waals surface area contributed by atoms with Crippen molar-refractivity contribution >= 4 is 50.2 Å². The van der Waals surface area contributed by atoms with E-state index in [-0.39, 0.29) is 41.3 Å². The number of ketones is 1. The molecule has 2 bridgehead atoms. The maximum absolute atomic E-state index is 14.3. The largest absolute Gasteiger partial charge is 0.325 e. The minimum atomic E-state index is -0.665. The first-order valence-corrected chi connectivity index (χ1v) is 17.2. The Morgan fingerprint density at radius 3 is 2.69 bits per heavy atom. The quantitative estimate of drug-likeness (QED) is 0.180. The third-order valence-corrected chi connectivity index (χ3v) is 10.2. The number of carbonyl (C=O) groups excluding carboxylic acids is 3. The number of aromatic nitrogens is 6. The number of Topliss-reactive ketones (excluding diaryl/α,β-unsaturated/α-hetero) is 1. The second kappa shape index (κ2) is 12.9. The SMILES string of the molecule is CC(=O)c1nn(CC(=O)N2[C@H]3C[C@]4(C[C@@H]24)CN(C)CCCCC=CCc2ccc(Br)nc2NC3=O)c2cnc(-c3cnc(C)nc3)cc12. The summed E-state index contributed by atoms with van der Waals surface area (Å²) in [5, 5.41) is 8.26. The predicted molar refractivity (Wildman–Crippen MR) is 184 cm³/mol. The average molecular weight is 713 g/mol. The Balaban J connectivity index is 1.20. The number of hydrogen-bond acceptors (Lipinski definition) is 9. The number of carbonyl (C=O) groups is 3. The van der Waals surface area contributed by atoms with E-state index in [1.54, 1.807) is 36.5 Å². The number of hydrogen-bond donors (Lipinski definition) is 1. The summed E-state index contributed by atoms with van der Waals surface area (Å²) in [7, 11) is 2.13. The van der Waals surface area contributed by atoms with Crippen LogP contribution in [0.15, 0.2) is 53.5 Å². The smallest absolute Gasteiger partial charge is 0.248 e. The van der Waals surface area contributed by atoms with Crippen molar-refractivity contribution < 1.29 is 14.4 Å². The summed E-state index contributed by atoms with van der Waals surface area (Å²) in [4.78, 5) is 62.9. The maximum atomic E-state index is 14.3. The molecule has 13 heteroatoms. The molecule has 2 aliphatic heterocycles. The average Bonchev–Trinajstić information content (AvgIpc) is 3.45. The molecule has 6 heterocycles. The molecule has 12 nitrogen and oxygen atoms in total. The van der Waals surface area contributed by atoms with Crippen LogP contribution in [0.5, 0.6) is 0 Å². The summed E-state index contributed by atoms with van der Waals surface area (Å²) in [6.45, 7) is 4.91. The fourth-order valence-corrected chi connectivity index (χ4v) is 7.62. The number of nitrogens with zero attached hydrogens (tertiary/aromatic N) is 8. The Morgan fingerprint density at radius 1 is 1.08 bits per heavy atom. The highest BCUT2D eigenvalue weighted by Crippen LogP contribution is 2.60. The first-order chi connectivity index (χ1) is 23.1. The molecular formula is C35H38BrN9O3. The summed E-state index contributed by atoms with van der Waals surface area (Å²) < 4.78 is 2.16. The van der Waals surface area contributed by atoms with Crippen molar-refractivity contribution in [1.82, 2.24) is 39.5 Å². The lowest BCUT2D eigenvalue weighted by molar-refractivity contribution is -0.138. The van der Waals surface area contributed by atoms with Crippen LogP contribution in [0, 0.1) is 12.3 Å². The molecule has 1 spiro atoms. The number of amides is 2. The van der Waals surface area contributed by atoms with Gasteiger partial charge < -0.3 is 15.1 Å². The first-order valence-electron chi connectivity index (χ1n) is 16.4. The number of rotatable bonds is 4. The molecule has 4 aromatic heterocycles. The van der Waals surface area contributed by atoms with E-state index in [4.69, 9.17) is 0 Å². The highest BCUT2D eigenvalue weighted by Gasteiger charge is 2.67. The van der Waals surface area contributed by atoms with Gasteiger partial charge >= 0.3 is 0 Å². The highest BCUT2D eigenvalue weighted by atomic mass is 79.9. The van der Waals surface area contributed by atoms with Crippen LogP contribution < -0.4 is 5.32 Å². The van der Waals surface area contributed by atoms with Gasteiger partial charge in [-0.1, -0.05) is 18.2 Å². The van der Waals surface area contributed by atoms with Crippen molar-refractivity contribution in [2.24, 2.45) is 5.41 Å². The van der Waals surface area contributed by atoms with Crippen molar-refractivity contribution in [3.8, 4) is 11.3 Å².